The van der Waals surface area contributed by atoms with Crippen molar-refractivity contribution in [3.05, 3.63) is 65.0 Å². The van der Waals surface area contributed by atoms with Gasteiger partial charge in [0.1, 0.15) is 0 Å². The van der Waals surface area contributed by atoms with Crippen LogP contribution in [0.2, 0.25) is 0 Å². The molecule has 1 heterocycles. The quantitative estimate of drug-likeness (QED) is 0.674. The minimum Gasteiger partial charge on any atom is -0.494 e. The summed E-state index contributed by atoms with van der Waals surface area (Å²) < 4.78 is 18.9. The molecule has 4 rings (SSSR count). The Morgan fingerprint density at radius 1 is 1.03 bits per heavy atom. The minimum absolute atomic E-state index is 0.125. The average Bonchev–Trinajstić information content (AvgIpc) is 3.62. The molecule has 1 saturated heterocycles. The zero-order valence-corrected chi connectivity index (χ0v) is 18.6. The van der Waals surface area contributed by atoms with E-state index in [1.807, 2.05) is 4.90 Å². The lowest BCUT2D eigenvalue weighted by atomic mass is 9.89. The SMILES string of the molecule is COc1ccc(C(=O)N2CCC(Cc3ccc(CCC(=O)NC4CC4)cc3)CC2)cc1F. The fourth-order valence-corrected chi connectivity index (χ4v) is 4.28. The fraction of sp³-hybridized carbons (Fsp3) is 0.462. The first-order chi connectivity index (χ1) is 15.5. The summed E-state index contributed by atoms with van der Waals surface area (Å²) in [6.45, 7) is 1.37. The van der Waals surface area contributed by atoms with E-state index in [0.29, 0.717) is 37.0 Å². The summed E-state index contributed by atoms with van der Waals surface area (Å²) in [6, 6.07) is 13.4. The summed E-state index contributed by atoms with van der Waals surface area (Å²) in [6.07, 6.45) is 6.41. The molecule has 2 amide bonds. The van der Waals surface area contributed by atoms with Crippen LogP contribution in [0, 0.1) is 11.7 Å². The zero-order valence-electron chi connectivity index (χ0n) is 18.6. The van der Waals surface area contributed by atoms with Crippen LogP contribution in [0.3, 0.4) is 0 Å². The molecule has 5 nitrogen and oxygen atoms in total. The van der Waals surface area contributed by atoms with Crippen LogP contribution in [0.1, 0.15) is 53.6 Å². The number of likely N-dealkylation sites (tertiary alicyclic amines) is 1. The van der Waals surface area contributed by atoms with Gasteiger partial charge in [-0.2, -0.15) is 0 Å². The third-order valence-corrected chi connectivity index (χ3v) is 6.43. The number of amides is 2. The standard InChI is InChI=1S/C26H31FN2O3/c1-32-24-10-7-21(17-23(24)27)26(31)29-14-12-20(13-15-29)16-19-4-2-18(3-5-19)6-11-25(30)28-22-8-9-22/h2-5,7,10,17,20,22H,6,8-9,11-16H2,1H3,(H,28,30). The van der Waals surface area contributed by atoms with Crippen LogP contribution < -0.4 is 10.1 Å². The lowest BCUT2D eigenvalue weighted by molar-refractivity contribution is -0.121. The Kier molecular flexibility index (Phi) is 7.08. The predicted molar refractivity (Wildman–Crippen MR) is 121 cm³/mol. The number of carbonyl (C=O) groups excluding carboxylic acids is 2. The molecule has 2 fully saturated rings. The number of methoxy groups -OCH3 is 1. The molecule has 1 N–H and O–H groups in total. The van der Waals surface area contributed by atoms with Gasteiger partial charge >= 0.3 is 0 Å². The molecule has 0 spiro atoms. The molecule has 6 heteroatoms. The molecular formula is C26H31FN2O3. The molecule has 1 saturated carbocycles. The number of carbonyl (C=O) groups is 2. The van der Waals surface area contributed by atoms with Gasteiger partial charge in [0.25, 0.3) is 5.91 Å². The van der Waals surface area contributed by atoms with Crippen molar-refractivity contribution in [1.82, 2.24) is 10.2 Å². The maximum absolute atomic E-state index is 13.9. The Labute approximate surface area is 188 Å². The summed E-state index contributed by atoms with van der Waals surface area (Å²) in [5.41, 5.74) is 2.84. The smallest absolute Gasteiger partial charge is 0.253 e. The molecule has 0 atom stereocenters. The number of nitrogens with one attached hydrogen (secondary N) is 1. The lowest BCUT2D eigenvalue weighted by Crippen LogP contribution is -2.38. The van der Waals surface area contributed by atoms with Gasteiger partial charge in [-0.1, -0.05) is 24.3 Å². The fourth-order valence-electron chi connectivity index (χ4n) is 4.28. The highest BCUT2D eigenvalue weighted by Crippen LogP contribution is 2.25. The van der Waals surface area contributed by atoms with Crippen molar-refractivity contribution in [2.24, 2.45) is 5.92 Å². The molecule has 2 aromatic carbocycles. The van der Waals surface area contributed by atoms with E-state index >= 15 is 0 Å². The van der Waals surface area contributed by atoms with Gasteiger partial charge in [-0.05, 0) is 73.8 Å². The van der Waals surface area contributed by atoms with Crippen LogP contribution in [0.15, 0.2) is 42.5 Å². The molecule has 2 aromatic rings. The van der Waals surface area contributed by atoms with Crippen molar-refractivity contribution in [3.63, 3.8) is 0 Å². The number of rotatable bonds is 8. The first kappa shape index (κ1) is 22.3. The third kappa shape index (κ3) is 5.87. The number of halogens is 1. The van der Waals surface area contributed by atoms with E-state index in [2.05, 4.69) is 29.6 Å². The van der Waals surface area contributed by atoms with Crippen LogP contribution in [-0.2, 0) is 17.6 Å². The van der Waals surface area contributed by atoms with Gasteiger partial charge in [-0.25, -0.2) is 4.39 Å². The number of ether oxygens (including phenoxy) is 1. The van der Waals surface area contributed by atoms with Crippen molar-refractivity contribution in [2.45, 2.75) is 51.0 Å². The minimum atomic E-state index is -0.514. The van der Waals surface area contributed by atoms with Crippen LogP contribution in [-0.4, -0.2) is 43.0 Å². The number of aryl methyl sites for hydroxylation is 1. The highest BCUT2D eigenvalue weighted by atomic mass is 19.1. The van der Waals surface area contributed by atoms with Crippen LogP contribution >= 0.6 is 0 Å². The number of piperidine rings is 1. The molecule has 0 aromatic heterocycles. The Balaban J connectivity index is 1.22. The van der Waals surface area contributed by atoms with Gasteiger partial charge in [0.05, 0.1) is 7.11 Å². The second-order valence-electron chi connectivity index (χ2n) is 8.95. The molecule has 32 heavy (non-hydrogen) atoms. The molecule has 0 unspecified atom stereocenters. The molecule has 0 radical (unpaired) electrons. The monoisotopic (exact) mass is 438 g/mol. The number of benzene rings is 2. The number of hydrogen-bond acceptors (Lipinski definition) is 3. The predicted octanol–water partition coefficient (Wildman–Crippen LogP) is 4.14. The van der Waals surface area contributed by atoms with E-state index in [9.17, 15) is 14.0 Å². The van der Waals surface area contributed by atoms with Gasteiger partial charge in [-0.15, -0.1) is 0 Å². The van der Waals surface area contributed by atoms with Crippen molar-refractivity contribution in [1.29, 1.82) is 0 Å². The van der Waals surface area contributed by atoms with E-state index in [1.54, 1.807) is 6.07 Å². The van der Waals surface area contributed by atoms with Crippen LogP contribution in [0.5, 0.6) is 5.75 Å². The second kappa shape index (κ2) is 10.2. The van der Waals surface area contributed by atoms with Crippen molar-refractivity contribution in [3.8, 4) is 5.75 Å². The molecule has 1 aliphatic carbocycles. The molecular weight excluding hydrogens is 407 g/mol. The van der Waals surface area contributed by atoms with E-state index < -0.39 is 5.82 Å². The van der Waals surface area contributed by atoms with Crippen molar-refractivity contribution < 1.29 is 18.7 Å². The Morgan fingerprint density at radius 3 is 2.34 bits per heavy atom. The van der Waals surface area contributed by atoms with Gasteiger partial charge in [0.15, 0.2) is 11.6 Å². The van der Waals surface area contributed by atoms with Crippen molar-refractivity contribution >= 4 is 11.8 Å². The van der Waals surface area contributed by atoms with E-state index in [1.165, 1.54) is 30.4 Å². The Morgan fingerprint density at radius 2 is 1.72 bits per heavy atom. The van der Waals surface area contributed by atoms with Gasteiger partial charge < -0.3 is 15.0 Å². The largest absolute Gasteiger partial charge is 0.494 e. The topological polar surface area (TPSA) is 58.6 Å². The first-order valence-electron chi connectivity index (χ1n) is 11.5. The summed E-state index contributed by atoms with van der Waals surface area (Å²) in [7, 11) is 1.41. The first-order valence-corrected chi connectivity index (χ1v) is 11.5. The highest BCUT2D eigenvalue weighted by Gasteiger charge is 2.25. The average molecular weight is 439 g/mol. The second-order valence-corrected chi connectivity index (χ2v) is 8.95. The molecule has 170 valence electrons. The van der Waals surface area contributed by atoms with E-state index in [0.717, 1.165) is 38.5 Å². The summed E-state index contributed by atoms with van der Waals surface area (Å²) >= 11 is 0. The van der Waals surface area contributed by atoms with E-state index in [4.69, 9.17) is 4.74 Å². The molecule has 0 bridgehead atoms. The summed E-state index contributed by atoms with van der Waals surface area (Å²) in [4.78, 5) is 26.4. The Bertz CT molecular complexity index is 948. The lowest BCUT2D eigenvalue weighted by Gasteiger charge is -2.32. The van der Waals surface area contributed by atoms with Gasteiger partial charge in [0.2, 0.25) is 5.91 Å². The van der Waals surface area contributed by atoms with Gasteiger partial charge in [-0.3, -0.25) is 9.59 Å². The highest BCUT2D eigenvalue weighted by molar-refractivity contribution is 5.94. The Hall–Kier alpha value is -2.89. The summed E-state index contributed by atoms with van der Waals surface area (Å²) in [5, 5.41) is 3.03. The molecule has 1 aliphatic heterocycles. The maximum Gasteiger partial charge on any atom is 0.253 e. The van der Waals surface area contributed by atoms with Gasteiger partial charge in [0, 0.05) is 31.1 Å². The normalized spacial score (nSPS) is 16.6. The number of nitrogens with zero attached hydrogens (tertiary/aromatic N) is 1. The zero-order chi connectivity index (χ0) is 22.5. The van der Waals surface area contributed by atoms with Crippen molar-refractivity contribution in [2.75, 3.05) is 20.2 Å². The number of hydrogen-bond donors (Lipinski definition) is 1. The van der Waals surface area contributed by atoms with E-state index in [-0.39, 0.29) is 17.6 Å². The van der Waals surface area contributed by atoms with Crippen LogP contribution in [0.4, 0.5) is 4.39 Å². The van der Waals surface area contributed by atoms with Crippen LogP contribution in [0.25, 0.3) is 0 Å². The molecule has 2 aliphatic rings. The maximum atomic E-state index is 13.9. The summed E-state index contributed by atoms with van der Waals surface area (Å²) in [5.74, 6) is 0.185. The third-order valence-electron chi connectivity index (χ3n) is 6.43.